The SMILES string of the molecule is COC(=O)c1ccccc1NC(=O)COc1c(OC)cc(C(=O)O)cc1OC. The van der Waals surface area contributed by atoms with Gasteiger partial charge < -0.3 is 29.4 Å². The summed E-state index contributed by atoms with van der Waals surface area (Å²) in [6.45, 7) is -0.436. The Labute approximate surface area is 160 Å². The number of esters is 1. The van der Waals surface area contributed by atoms with Crippen molar-refractivity contribution in [1.82, 2.24) is 0 Å². The van der Waals surface area contributed by atoms with Gasteiger partial charge in [0.05, 0.1) is 38.1 Å². The van der Waals surface area contributed by atoms with E-state index in [1.165, 1.54) is 39.5 Å². The van der Waals surface area contributed by atoms with Crippen LogP contribution in [0.1, 0.15) is 20.7 Å². The van der Waals surface area contributed by atoms with Crippen molar-refractivity contribution < 1.29 is 38.4 Å². The molecular formula is C19H19NO8. The van der Waals surface area contributed by atoms with Crippen LogP contribution in [0.5, 0.6) is 17.2 Å². The minimum atomic E-state index is -1.17. The van der Waals surface area contributed by atoms with Gasteiger partial charge in [0.1, 0.15) is 0 Å². The molecular weight excluding hydrogens is 370 g/mol. The molecule has 0 fully saturated rings. The molecule has 0 spiro atoms. The molecule has 2 rings (SSSR count). The van der Waals surface area contributed by atoms with Crippen LogP contribution >= 0.6 is 0 Å². The van der Waals surface area contributed by atoms with Crippen molar-refractivity contribution in [3.05, 3.63) is 47.5 Å². The fourth-order valence-electron chi connectivity index (χ4n) is 2.35. The van der Waals surface area contributed by atoms with E-state index >= 15 is 0 Å². The Morgan fingerprint density at radius 3 is 2.14 bits per heavy atom. The lowest BCUT2D eigenvalue weighted by Crippen LogP contribution is -2.22. The van der Waals surface area contributed by atoms with Gasteiger partial charge >= 0.3 is 11.9 Å². The second kappa shape index (κ2) is 9.26. The number of hydrogen-bond donors (Lipinski definition) is 2. The Morgan fingerprint density at radius 1 is 1.00 bits per heavy atom. The number of para-hydroxylation sites is 1. The quantitative estimate of drug-likeness (QED) is 0.659. The van der Waals surface area contributed by atoms with Crippen LogP contribution < -0.4 is 19.5 Å². The molecule has 0 saturated carbocycles. The molecule has 0 unspecified atom stereocenters. The molecule has 0 aliphatic carbocycles. The first-order valence-electron chi connectivity index (χ1n) is 8.00. The number of aromatic carboxylic acids is 1. The Balaban J connectivity index is 2.17. The average molecular weight is 389 g/mol. The van der Waals surface area contributed by atoms with Gasteiger partial charge in [0.25, 0.3) is 5.91 Å². The van der Waals surface area contributed by atoms with Gasteiger partial charge in [-0.05, 0) is 24.3 Å². The summed E-state index contributed by atoms with van der Waals surface area (Å²) in [5.41, 5.74) is 0.403. The Hall–Kier alpha value is -3.75. The van der Waals surface area contributed by atoms with Crippen LogP contribution in [0.15, 0.2) is 36.4 Å². The molecule has 0 saturated heterocycles. The van der Waals surface area contributed by atoms with E-state index in [2.05, 4.69) is 10.1 Å². The standard InChI is InChI=1S/C19H19NO8/c1-25-14-8-11(18(22)23)9-15(26-2)17(14)28-10-16(21)20-13-7-5-4-6-12(13)19(24)27-3/h4-9H,10H2,1-3H3,(H,20,21)(H,22,23). The lowest BCUT2D eigenvalue weighted by molar-refractivity contribution is -0.118. The van der Waals surface area contributed by atoms with Crippen LogP contribution in [-0.2, 0) is 9.53 Å². The summed E-state index contributed by atoms with van der Waals surface area (Å²) in [6, 6.07) is 8.86. The van der Waals surface area contributed by atoms with Crippen LogP contribution in [0.3, 0.4) is 0 Å². The molecule has 2 aromatic carbocycles. The number of carboxylic acids is 1. The van der Waals surface area contributed by atoms with Crippen LogP contribution in [-0.4, -0.2) is 50.9 Å². The number of carboxylic acid groups (broad SMARTS) is 1. The average Bonchev–Trinajstić information content (AvgIpc) is 2.71. The number of benzene rings is 2. The number of rotatable bonds is 8. The predicted molar refractivity (Wildman–Crippen MR) is 98.4 cm³/mol. The fourth-order valence-corrected chi connectivity index (χ4v) is 2.35. The van der Waals surface area contributed by atoms with Gasteiger partial charge in [-0.1, -0.05) is 12.1 Å². The smallest absolute Gasteiger partial charge is 0.339 e. The van der Waals surface area contributed by atoms with Gasteiger partial charge in [-0.15, -0.1) is 0 Å². The molecule has 0 radical (unpaired) electrons. The molecule has 0 bridgehead atoms. The van der Waals surface area contributed by atoms with E-state index in [0.717, 1.165) is 0 Å². The van der Waals surface area contributed by atoms with Crippen LogP contribution in [0.2, 0.25) is 0 Å². The topological polar surface area (TPSA) is 120 Å². The summed E-state index contributed by atoms with van der Waals surface area (Å²) in [5.74, 6) is -2.04. The van der Waals surface area contributed by atoms with Crippen molar-refractivity contribution in [2.45, 2.75) is 0 Å². The van der Waals surface area contributed by atoms with Gasteiger partial charge in [-0.2, -0.15) is 0 Å². The molecule has 0 aliphatic heterocycles. The van der Waals surface area contributed by atoms with E-state index in [4.69, 9.17) is 19.3 Å². The maximum atomic E-state index is 12.3. The van der Waals surface area contributed by atoms with Gasteiger partial charge in [0, 0.05) is 0 Å². The van der Waals surface area contributed by atoms with Gasteiger partial charge in [-0.3, -0.25) is 4.79 Å². The number of methoxy groups -OCH3 is 3. The molecule has 2 N–H and O–H groups in total. The van der Waals surface area contributed by atoms with E-state index in [0.29, 0.717) is 0 Å². The summed E-state index contributed by atoms with van der Waals surface area (Å²) in [6.07, 6.45) is 0. The normalized spacial score (nSPS) is 9.96. The van der Waals surface area contributed by atoms with Crippen LogP contribution in [0.25, 0.3) is 0 Å². The third-order valence-corrected chi connectivity index (χ3v) is 3.66. The van der Waals surface area contributed by atoms with Crippen molar-refractivity contribution in [1.29, 1.82) is 0 Å². The summed E-state index contributed by atoms with van der Waals surface area (Å²) >= 11 is 0. The van der Waals surface area contributed by atoms with Crippen molar-refractivity contribution in [3.8, 4) is 17.2 Å². The minimum absolute atomic E-state index is 0.0579. The molecule has 0 aliphatic rings. The highest BCUT2D eigenvalue weighted by molar-refractivity contribution is 6.01. The predicted octanol–water partition coefficient (Wildman–Crippen LogP) is 2.21. The maximum absolute atomic E-state index is 12.3. The number of anilines is 1. The maximum Gasteiger partial charge on any atom is 0.339 e. The Bertz CT molecular complexity index is 868. The number of nitrogens with one attached hydrogen (secondary N) is 1. The van der Waals surface area contributed by atoms with Crippen molar-refractivity contribution in [3.63, 3.8) is 0 Å². The zero-order chi connectivity index (χ0) is 20.7. The number of amides is 1. The van der Waals surface area contributed by atoms with Crippen LogP contribution in [0, 0.1) is 0 Å². The second-order valence-corrected chi connectivity index (χ2v) is 5.39. The highest BCUT2D eigenvalue weighted by Crippen LogP contribution is 2.38. The van der Waals surface area contributed by atoms with Gasteiger partial charge in [-0.25, -0.2) is 9.59 Å². The zero-order valence-electron chi connectivity index (χ0n) is 15.5. The number of ether oxygens (including phenoxy) is 4. The number of carbonyl (C=O) groups is 3. The summed E-state index contributed by atoms with van der Waals surface area (Å²) in [7, 11) is 3.91. The Kier molecular flexibility index (Phi) is 6.80. The van der Waals surface area contributed by atoms with Gasteiger partial charge in [0.2, 0.25) is 5.75 Å². The molecule has 9 nitrogen and oxygen atoms in total. The highest BCUT2D eigenvalue weighted by Gasteiger charge is 2.19. The summed E-state index contributed by atoms with van der Waals surface area (Å²) < 4.78 is 20.4. The van der Waals surface area contributed by atoms with E-state index in [1.54, 1.807) is 18.2 Å². The summed E-state index contributed by atoms with van der Waals surface area (Å²) in [4.78, 5) is 35.2. The molecule has 148 valence electrons. The monoisotopic (exact) mass is 389 g/mol. The van der Waals surface area contributed by atoms with Crippen molar-refractivity contribution >= 4 is 23.5 Å². The van der Waals surface area contributed by atoms with E-state index in [-0.39, 0.29) is 34.1 Å². The highest BCUT2D eigenvalue weighted by atomic mass is 16.5. The molecule has 0 heterocycles. The van der Waals surface area contributed by atoms with Crippen molar-refractivity contribution in [2.24, 2.45) is 0 Å². The van der Waals surface area contributed by atoms with E-state index in [1.807, 2.05) is 0 Å². The molecule has 9 heteroatoms. The lowest BCUT2D eigenvalue weighted by atomic mass is 10.2. The lowest BCUT2D eigenvalue weighted by Gasteiger charge is -2.15. The molecule has 28 heavy (non-hydrogen) atoms. The molecule has 2 aromatic rings. The zero-order valence-corrected chi connectivity index (χ0v) is 15.5. The van der Waals surface area contributed by atoms with Crippen molar-refractivity contribution in [2.75, 3.05) is 33.3 Å². The second-order valence-electron chi connectivity index (χ2n) is 5.39. The third kappa shape index (κ3) is 4.70. The third-order valence-electron chi connectivity index (χ3n) is 3.66. The fraction of sp³-hybridized carbons (Fsp3) is 0.211. The first-order valence-corrected chi connectivity index (χ1v) is 8.00. The number of carbonyl (C=O) groups excluding carboxylic acids is 2. The minimum Gasteiger partial charge on any atom is -0.493 e. The first kappa shape index (κ1) is 20.6. The van der Waals surface area contributed by atoms with Crippen LogP contribution in [0.4, 0.5) is 5.69 Å². The molecule has 1 amide bonds. The first-order chi connectivity index (χ1) is 13.4. The van der Waals surface area contributed by atoms with E-state index < -0.39 is 24.5 Å². The van der Waals surface area contributed by atoms with E-state index in [9.17, 15) is 14.4 Å². The van der Waals surface area contributed by atoms with Gasteiger partial charge in [0.15, 0.2) is 18.1 Å². The largest absolute Gasteiger partial charge is 0.493 e. The Morgan fingerprint density at radius 2 is 1.61 bits per heavy atom. The molecule has 0 aromatic heterocycles. The molecule has 0 atom stereocenters. The number of hydrogen-bond acceptors (Lipinski definition) is 7. The summed E-state index contributed by atoms with van der Waals surface area (Å²) in [5, 5.41) is 11.7.